The van der Waals surface area contributed by atoms with E-state index >= 15 is 0 Å². The molecule has 1 aliphatic heterocycles. The molecule has 0 spiro atoms. The lowest BCUT2D eigenvalue weighted by Gasteiger charge is -2.36. The summed E-state index contributed by atoms with van der Waals surface area (Å²) in [6.07, 6.45) is 6.95. The second kappa shape index (κ2) is 8.40. The van der Waals surface area contributed by atoms with Crippen LogP contribution in [0.25, 0.3) is 0 Å². The monoisotopic (exact) mass is 347 g/mol. The van der Waals surface area contributed by atoms with Gasteiger partial charge in [0.15, 0.2) is 0 Å². The van der Waals surface area contributed by atoms with Gasteiger partial charge >= 0.3 is 0 Å². The van der Waals surface area contributed by atoms with Crippen LogP contribution in [-0.4, -0.2) is 53.3 Å². The Morgan fingerprint density at radius 3 is 2.64 bits per heavy atom. The van der Waals surface area contributed by atoms with Gasteiger partial charge in [-0.05, 0) is 44.2 Å². The van der Waals surface area contributed by atoms with Gasteiger partial charge in [-0.15, -0.1) is 0 Å². The highest BCUT2D eigenvalue weighted by molar-refractivity contribution is 5.94. The first-order valence-electron chi connectivity index (χ1n) is 8.92. The summed E-state index contributed by atoms with van der Waals surface area (Å²) in [5.41, 5.74) is 0.539. The molecule has 3 atom stereocenters. The van der Waals surface area contributed by atoms with Crippen LogP contribution in [0.4, 0.5) is 0 Å². The van der Waals surface area contributed by atoms with E-state index in [1.807, 2.05) is 0 Å². The molecule has 1 saturated carbocycles. The summed E-state index contributed by atoms with van der Waals surface area (Å²) < 4.78 is 5.91. The number of pyridine rings is 1. The zero-order valence-corrected chi connectivity index (χ0v) is 14.2. The average Bonchev–Trinajstić information content (AvgIpc) is 3.48. The average molecular weight is 347 g/mol. The van der Waals surface area contributed by atoms with Crippen LogP contribution >= 0.6 is 0 Å². The third kappa shape index (κ3) is 4.99. The molecule has 2 aliphatic rings. The van der Waals surface area contributed by atoms with E-state index in [0.717, 1.165) is 32.1 Å². The Bertz CT molecular complexity index is 591. The zero-order valence-electron chi connectivity index (χ0n) is 14.2. The minimum atomic E-state index is -0.427. The molecule has 0 aromatic carbocycles. The molecule has 1 aromatic heterocycles. The summed E-state index contributed by atoms with van der Waals surface area (Å²) in [7, 11) is 0. The third-order valence-electron chi connectivity index (χ3n) is 4.77. The van der Waals surface area contributed by atoms with Gasteiger partial charge in [-0.25, -0.2) is 0 Å². The first-order chi connectivity index (χ1) is 12.2. The standard InChI is InChI=1S/C18H25N3O4/c22-11-16-15(21-18(24)13-5-8-19-9-6-13)4-3-14(25-16)7-10-20-17(23)12-1-2-12/h5-6,8-9,12,14-16,22H,1-4,7,10-11H2,(H,20,23)(H,21,24)/t14-,15-,16+/m0/s1. The number of hydrogen-bond acceptors (Lipinski definition) is 5. The minimum absolute atomic E-state index is 0.00858. The molecule has 7 heteroatoms. The number of carbonyl (C=O) groups excluding carboxylic acids is 2. The lowest BCUT2D eigenvalue weighted by Crippen LogP contribution is -2.51. The highest BCUT2D eigenvalue weighted by Crippen LogP contribution is 2.28. The topological polar surface area (TPSA) is 101 Å². The van der Waals surface area contributed by atoms with E-state index < -0.39 is 6.10 Å². The summed E-state index contributed by atoms with van der Waals surface area (Å²) in [6, 6.07) is 3.08. The number of rotatable bonds is 7. The lowest BCUT2D eigenvalue weighted by molar-refractivity contribution is -0.122. The van der Waals surface area contributed by atoms with Crippen molar-refractivity contribution in [1.29, 1.82) is 0 Å². The minimum Gasteiger partial charge on any atom is -0.394 e. The number of nitrogens with one attached hydrogen (secondary N) is 2. The van der Waals surface area contributed by atoms with E-state index in [1.54, 1.807) is 24.5 Å². The molecule has 1 aliphatic carbocycles. The molecule has 2 amide bonds. The Morgan fingerprint density at radius 2 is 1.96 bits per heavy atom. The molecule has 0 bridgehead atoms. The van der Waals surface area contributed by atoms with Gasteiger partial charge in [0.05, 0.1) is 18.8 Å². The van der Waals surface area contributed by atoms with Crippen LogP contribution in [0.15, 0.2) is 24.5 Å². The maximum Gasteiger partial charge on any atom is 0.251 e. The van der Waals surface area contributed by atoms with Crippen LogP contribution in [0.1, 0.15) is 42.5 Å². The largest absolute Gasteiger partial charge is 0.394 e. The van der Waals surface area contributed by atoms with Gasteiger partial charge in [0.2, 0.25) is 5.91 Å². The predicted octanol–water partition coefficient (Wildman–Crippen LogP) is 0.636. The second-order valence-corrected chi connectivity index (χ2v) is 6.73. The maximum atomic E-state index is 12.2. The number of hydrogen-bond donors (Lipinski definition) is 3. The van der Waals surface area contributed by atoms with Crippen LogP contribution in [0.3, 0.4) is 0 Å². The molecule has 3 rings (SSSR count). The second-order valence-electron chi connectivity index (χ2n) is 6.73. The molecule has 1 aromatic rings. The normalized spacial score (nSPS) is 26.0. The van der Waals surface area contributed by atoms with Crippen molar-refractivity contribution >= 4 is 11.8 Å². The van der Waals surface area contributed by atoms with Gasteiger partial charge < -0.3 is 20.5 Å². The van der Waals surface area contributed by atoms with Crippen LogP contribution < -0.4 is 10.6 Å². The quantitative estimate of drug-likeness (QED) is 0.672. The molecule has 0 radical (unpaired) electrons. The fourth-order valence-corrected chi connectivity index (χ4v) is 3.11. The summed E-state index contributed by atoms with van der Waals surface area (Å²) in [6.45, 7) is 0.443. The number of aliphatic hydroxyl groups excluding tert-OH is 1. The van der Waals surface area contributed by atoms with Gasteiger partial charge in [-0.1, -0.05) is 0 Å². The Kier molecular flexibility index (Phi) is 5.99. The fourth-order valence-electron chi connectivity index (χ4n) is 3.11. The number of aliphatic hydroxyl groups is 1. The molecule has 136 valence electrons. The summed E-state index contributed by atoms with van der Waals surface area (Å²) in [4.78, 5) is 27.8. The smallest absolute Gasteiger partial charge is 0.251 e. The van der Waals surface area contributed by atoms with Crippen molar-refractivity contribution in [3.63, 3.8) is 0 Å². The lowest BCUT2D eigenvalue weighted by atomic mass is 9.96. The van der Waals surface area contributed by atoms with Crippen molar-refractivity contribution in [1.82, 2.24) is 15.6 Å². The Labute approximate surface area is 147 Å². The number of carbonyl (C=O) groups is 2. The van der Waals surface area contributed by atoms with Crippen molar-refractivity contribution in [3.05, 3.63) is 30.1 Å². The molecule has 25 heavy (non-hydrogen) atoms. The first-order valence-corrected chi connectivity index (χ1v) is 8.92. The number of ether oxygens (including phenoxy) is 1. The molecule has 1 saturated heterocycles. The van der Waals surface area contributed by atoms with E-state index in [9.17, 15) is 14.7 Å². The zero-order chi connectivity index (χ0) is 17.6. The van der Waals surface area contributed by atoms with Gasteiger partial charge in [-0.2, -0.15) is 0 Å². The first kappa shape index (κ1) is 17.8. The molecule has 2 fully saturated rings. The molecule has 7 nitrogen and oxygen atoms in total. The summed E-state index contributed by atoms with van der Waals surface area (Å²) >= 11 is 0. The van der Waals surface area contributed by atoms with E-state index in [-0.39, 0.29) is 36.5 Å². The van der Waals surface area contributed by atoms with Gasteiger partial charge in [-0.3, -0.25) is 14.6 Å². The molecule has 3 N–H and O–H groups in total. The Morgan fingerprint density at radius 1 is 1.20 bits per heavy atom. The van der Waals surface area contributed by atoms with E-state index in [1.165, 1.54) is 0 Å². The Hall–Kier alpha value is -1.99. The fraction of sp³-hybridized carbons (Fsp3) is 0.611. The van der Waals surface area contributed by atoms with Crippen LogP contribution in [-0.2, 0) is 9.53 Å². The van der Waals surface area contributed by atoms with Gasteiger partial charge in [0.1, 0.15) is 6.10 Å². The maximum absolute atomic E-state index is 12.2. The van der Waals surface area contributed by atoms with Gasteiger partial charge in [0.25, 0.3) is 5.91 Å². The SMILES string of the molecule is O=C(N[C@H]1CC[C@@H](CCNC(=O)C2CC2)O[C@@H]1CO)c1ccncc1. The number of aromatic nitrogens is 1. The van der Waals surface area contributed by atoms with Crippen LogP contribution in [0.2, 0.25) is 0 Å². The van der Waals surface area contributed by atoms with E-state index in [4.69, 9.17) is 4.74 Å². The van der Waals surface area contributed by atoms with Crippen molar-refractivity contribution in [2.24, 2.45) is 5.92 Å². The van der Waals surface area contributed by atoms with E-state index in [2.05, 4.69) is 15.6 Å². The number of amides is 2. The van der Waals surface area contributed by atoms with Crippen LogP contribution in [0.5, 0.6) is 0 Å². The van der Waals surface area contributed by atoms with Crippen molar-refractivity contribution < 1.29 is 19.4 Å². The third-order valence-corrected chi connectivity index (χ3v) is 4.77. The highest BCUT2D eigenvalue weighted by atomic mass is 16.5. The summed E-state index contributed by atoms with van der Waals surface area (Å²) in [5.74, 6) is 0.159. The Balaban J connectivity index is 1.44. The summed E-state index contributed by atoms with van der Waals surface area (Å²) in [5, 5.41) is 15.5. The molecular weight excluding hydrogens is 322 g/mol. The van der Waals surface area contributed by atoms with Crippen molar-refractivity contribution in [2.75, 3.05) is 13.2 Å². The van der Waals surface area contributed by atoms with Crippen molar-refractivity contribution in [2.45, 2.75) is 50.4 Å². The van der Waals surface area contributed by atoms with E-state index in [0.29, 0.717) is 12.1 Å². The molecular formula is C18H25N3O4. The van der Waals surface area contributed by atoms with Gasteiger partial charge in [0, 0.05) is 30.4 Å². The predicted molar refractivity (Wildman–Crippen MR) is 90.8 cm³/mol. The van der Waals surface area contributed by atoms with Crippen molar-refractivity contribution in [3.8, 4) is 0 Å². The number of nitrogens with zero attached hydrogens (tertiary/aromatic N) is 1. The molecule has 2 heterocycles. The van der Waals surface area contributed by atoms with Crippen LogP contribution in [0, 0.1) is 5.92 Å². The molecule has 0 unspecified atom stereocenters. The highest BCUT2D eigenvalue weighted by Gasteiger charge is 2.33.